The second-order valence-corrected chi connectivity index (χ2v) is 14.9. The van der Waals surface area contributed by atoms with Gasteiger partial charge in [0.2, 0.25) is 0 Å². The van der Waals surface area contributed by atoms with Crippen LogP contribution >= 0.6 is 0 Å². The minimum atomic E-state index is -1.53. The van der Waals surface area contributed by atoms with Crippen molar-refractivity contribution in [2.24, 2.45) is 0 Å². The molecule has 0 fully saturated rings. The number of aryl methyl sites for hydroxylation is 1. The van der Waals surface area contributed by atoms with E-state index in [9.17, 15) is 0 Å². The van der Waals surface area contributed by atoms with Crippen LogP contribution < -0.4 is 5.19 Å². The summed E-state index contributed by atoms with van der Waals surface area (Å²) in [6, 6.07) is 34.8. The molecule has 0 saturated heterocycles. The zero-order valence-electron chi connectivity index (χ0n) is 21.4. The minimum Gasteiger partial charge on any atom is -0.501 e. The third kappa shape index (κ3) is 5.80. The number of benzene rings is 3. The Morgan fingerprint density at radius 1 is 0.784 bits per heavy atom. The monoisotopic (exact) mass is 677 g/mol. The number of para-hydroxylation sites is 1. The Kier molecular flexibility index (Phi) is 8.18. The minimum absolute atomic E-state index is 0. The van der Waals surface area contributed by atoms with Crippen molar-refractivity contribution in [2.75, 3.05) is 0 Å². The van der Waals surface area contributed by atoms with Crippen LogP contribution in [0.25, 0.3) is 44.5 Å². The van der Waals surface area contributed by atoms with Gasteiger partial charge in [0.1, 0.15) is 5.58 Å². The number of rotatable bonds is 3. The number of hydrogen-bond donors (Lipinski definition) is 0. The first-order valence-electron chi connectivity index (χ1n) is 12.1. The molecule has 3 nitrogen and oxygen atoms in total. The number of aromatic nitrogens is 2. The fourth-order valence-electron chi connectivity index (χ4n) is 4.30. The maximum Gasteiger partial charge on any atom is 0.120 e. The topological polar surface area (TPSA) is 38.9 Å². The van der Waals surface area contributed by atoms with Crippen LogP contribution in [0.1, 0.15) is 5.56 Å². The van der Waals surface area contributed by atoms with Gasteiger partial charge in [-0.25, -0.2) is 0 Å². The Labute approximate surface area is 233 Å². The van der Waals surface area contributed by atoms with E-state index < -0.39 is 8.07 Å². The normalized spacial score (nSPS) is 11.0. The van der Waals surface area contributed by atoms with E-state index in [2.05, 4.69) is 72.9 Å². The van der Waals surface area contributed by atoms with Gasteiger partial charge in [0, 0.05) is 46.0 Å². The average Bonchev–Trinajstić information content (AvgIpc) is 3.29. The second-order valence-electron chi connectivity index (χ2n) is 9.84. The maximum absolute atomic E-state index is 6.26. The molecule has 187 valence electrons. The molecule has 0 N–H and O–H groups in total. The van der Waals surface area contributed by atoms with Gasteiger partial charge in [-0.3, -0.25) is 0 Å². The predicted molar refractivity (Wildman–Crippen MR) is 152 cm³/mol. The molecule has 6 rings (SSSR count). The molecule has 0 aliphatic rings. The number of nitrogens with zero attached hydrogens (tertiary/aromatic N) is 2. The van der Waals surface area contributed by atoms with Crippen molar-refractivity contribution in [3.63, 3.8) is 0 Å². The Morgan fingerprint density at radius 3 is 2.24 bits per heavy atom. The summed E-state index contributed by atoms with van der Waals surface area (Å²) in [6.07, 6.45) is 3.63. The largest absolute Gasteiger partial charge is 0.501 e. The Hall–Kier alpha value is -3.37. The number of fused-ring (bicyclic) bond motifs is 3. The molecule has 0 unspecified atom stereocenters. The molecule has 3 aromatic carbocycles. The molecule has 0 aliphatic heterocycles. The van der Waals surface area contributed by atoms with Gasteiger partial charge in [-0.2, -0.15) is 0 Å². The maximum atomic E-state index is 6.26. The Balaban J connectivity index is 0.000000208. The summed E-state index contributed by atoms with van der Waals surface area (Å²) in [7, 11) is -1.53. The van der Waals surface area contributed by atoms with Crippen LogP contribution in [-0.2, 0) is 20.1 Å². The Morgan fingerprint density at radius 2 is 1.54 bits per heavy atom. The first kappa shape index (κ1) is 26.7. The molecule has 0 aliphatic carbocycles. The van der Waals surface area contributed by atoms with Crippen molar-refractivity contribution in [1.29, 1.82) is 0 Å². The van der Waals surface area contributed by atoms with E-state index >= 15 is 0 Å². The summed E-state index contributed by atoms with van der Waals surface area (Å²) in [4.78, 5) is 8.76. The van der Waals surface area contributed by atoms with Crippen molar-refractivity contribution >= 4 is 35.2 Å². The second kappa shape index (κ2) is 11.3. The van der Waals surface area contributed by atoms with Crippen molar-refractivity contribution in [3.05, 3.63) is 115 Å². The first-order valence-corrected chi connectivity index (χ1v) is 15.6. The zero-order valence-corrected chi connectivity index (χ0v) is 24.8. The molecular weight excluding hydrogens is 649 g/mol. The van der Waals surface area contributed by atoms with Crippen LogP contribution in [0.15, 0.2) is 102 Å². The van der Waals surface area contributed by atoms with E-state index in [1.165, 1.54) is 21.5 Å². The summed E-state index contributed by atoms with van der Waals surface area (Å²) in [5.41, 5.74) is 6.91. The van der Waals surface area contributed by atoms with E-state index in [4.69, 9.17) is 4.42 Å². The van der Waals surface area contributed by atoms with Gasteiger partial charge < -0.3 is 14.4 Å². The fourth-order valence-corrected chi connectivity index (χ4v) is 5.80. The molecule has 37 heavy (non-hydrogen) atoms. The molecule has 0 bridgehead atoms. The molecule has 0 spiro atoms. The summed E-state index contributed by atoms with van der Waals surface area (Å²) in [6.45, 7) is 9.17. The van der Waals surface area contributed by atoms with E-state index in [0.717, 1.165) is 33.7 Å². The third-order valence-corrected chi connectivity index (χ3v) is 8.09. The van der Waals surface area contributed by atoms with Crippen LogP contribution in [0.3, 0.4) is 0 Å². The SMILES string of the molecule is Cc1ccnc(-c2[c-]cc([Si](C)(C)C)c3c2oc2ccccc23)c1.[Ir].[c-]1ccccc1-c1ccccn1. The molecule has 0 amide bonds. The smallest absolute Gasteiger partial charge is 0.120 e. The number of hydrogen-bond acceptors (Lipinski definition) is 3. The molecule has 0 atom stereocenters. The van der Waals surface area contributed by atoms with Crippen molar-refractivity contribution in [1.82, 2.24) is 9.97 Å². The summed E-state index contributed by atoms with van der Waals surface area (Å²) in [5, 5.41) is 3.81. The molecule has 6 aromatic rings. The Bertz CT molecular complexity index is 1590. The van der Waals surface area contributed by atoms with Gasteiger partial charge in [-0.15, -0.1) is 53.2 Å². The molecular formula is C32H28IrN2OSi-2. The summed E-state index contributed by atoms with van der Waals surface area (Å²) < 4.78 is 6.26. The van der Waals surface area contributed by atoms with Crippen molar-refractivity contribution in [3.8, 4) is 22.5 Å². The number of furan rings is 1. The predicted octanol–water partition coefficient (Wildman–Crippen LogP) is 7.85. The fraction of sp³-hybridized carbons (Fsp3) is 0.125. The average molecular weight is 677 g/mol. The van der Waals surface area contributed by atoms with Crippen molar-refractivity contribution < 1.29 is 24.5 Å². The standard InChI is InChI=1S/C21H20NOSi.C11H8N.Ir/c1-14-11-12-22-17(13-14)15-9-10-19(24(2,3)4)20-16-7-5-6-8-18(16)23-21(15)20;1-2-6-10(7-3-1)11-8-4-5-9-12-11;/h5-8,10-13H,1-4H3;1-6,8-9H;/q2*-1;. The van der Waals surface area contributed by atoms with Crippen LogP contribution in [0, 0.1) is 19.1 Å². The van der Waals surface area contributed by atoms with E-state index in [1.807, 2.05) is 66.9 Å². The van der Waals surface area contributed by atoms with E-state index in [1.54, 1.807) is 6.20 Å². The van der Waals surface area contributed by atoms with Gasteiger partial charge in [0.05, 0.1) is 5.58 Å². The molecule has 3 aromatic heterocycles. The molecule has 5 heteroatoms. The van der Waals surface area contributed by atoms with E-state index in [0.29, 0.717) is 0 Å². The van der Waals surface area contributed by atoms with Gasteiger partial charge >= 0.3 is 0 Å². The quantitative estimate of drug-likeness (QED) is 0.142. The van der Waals surface area contributed by atoms with Gasteiger partial charge in [-0.1, -0.05) is 72.6 Å². The summed E-state index contributed by atoms with van der Waals surface area (Å²) in [5.74, 6) is 0. The third-order valence-electron chi connectivity index (χ3n) is 6.08. The van der Waals surface area contributed by atoms with E-state index in [-0.39, 0.29) is 20.1 Å². The van der Waals surface area contributed by atoms with Crippen LogP contribution in [0.4, 0.5) is 0 Å². The van der Waals surface area contributed by atoms with Gasteiger partial charge in [0.15, 0.2) is 0 Å². The van der Waals surface area contributed by atoms with Crippen LogP contribution in [0.5, 0.6) is 0 Å². The van der Waals surface area contributed by atoms with Gasteiger partial charge in [-0.05, 0) is 36.5 Å². The molecule has 1 radical (unpaired) electrons. The van der Waals surface area contributed by atoms with Gasteiger partial charge in [0.25, 0.3) is 0 Å². The zero-order chi connectivity index (χ0) is 25.1. The first-order chi connectivity index (χ1) is 17.4. The molecule has 3 heterocycles. The van der Waals surface area contributed by atoms with Crippen molar-refractivity contribution in [2.45, 2.75) is 26.6 Å². The summed E-state index contributed by atoms with van der Waals surface area (Å²) >= 11 is 0. The van der Waals surface area contributed by atoms with Crippen LogP contribution in [0.2, 0.25) is 19.6 Å². The molecule has 0 saturated carbocycles. The number of pyridine rings is 2. The van der Waals surface area contributed by atoms with Crippen LogP contribution in [-0.4, -0.2) is 18.0 Å².